The van der Waals surface area contributed by atoms with Crippen LogP contribution in [-0.2, 0) is 19.1 Å². The summed E-state index contributed by atoms with van der Waals surface area (Å²) in [5, 5.41) is 14.7. The van der Waals surface area contributed by atoms with Crippen molar-refractivity contribution in [2.45, 2.75) is 78.2 Å². The number of hydrogen-bond acceptors (Lipinski definition) is 8. The number of nitrogens with one attached hydrogen (secondary N) is 2. The molecule has 0 aliphatic heterocycles. The van der Waals surface area contributed by atoms with Crippen molar-refractivity contribution in [1.82, 2.24) is 10.6 Å². The number of alkyl carbamates (subject to hydrolysis) is 1. The normalized spacial score (nSPS) is 13.7. The molecule has 0 unspecified atom stereocenters. The minimum absolute atomic E-state index is 0.103. The highest BCUT2D eigenvalue weighted by Gasteiger charge is 2.27. The third-order valence-electron chi connectivity index (χ3n) is 2.62. The zero-order valence-electron chi connectivity index (χ0n) is 16.8. The summed E-state index contributed by atoms with van der Waals surface area (Å²) in [5.41, 5.74) is -1.43. The largest absolute Gasteiger partial charge is 0.460 e. The van der Waals surface area contributed by atoms with Crippen LogP contribution in [0.15, 0.2) is 0 Å². The van der Waals surface area contributed by atoms with Gasteiger partial charge in [-0.05, 0) is 48.5 Å². The highest BCUT2D eigenvalue weighted by atomic mass is 32.1. The van der Waals surface area contributed by atoms with E-state index in [-0.39, 0.29) is 18.0 Å². The van der Waals surface area contributed by atoms with Crippen molar-refractivity contribution < 1.29 is 29.0 Å². The van der Waals surface area contributed by atoms with Crippen molar-refractivity contribution in [3.8, 4) is 0 Å². The summed E-state index contributed by atoms with van der Waals surface area (Å²) in [6, 6.07) is -1.44. The van der Waals surface area contributed by atoms with Crippen molar-refractivity contribution in [3.63, 3.8) is 0 Å². The van der Waals surface area contributed by atoms with Crippen LogP contribution >= 0.6 is 12.2 Å². The van der Waals surface area contributed by atoms with Gasteiger partial charge in [0.05, 0.1) is 17.5 Å². The lowest BCUT2D eigenvalue weighted by Gasteiger charge is -2.26. The standard InChI is InChI=1S/C16H29N3O7S/c1-10(9-24-19(22)23)17-13(27)11(8-12(20)25-15(2,3)4)18-14(21)26-16(5,6)7/h10-11H,8-9H2,1-7H3,(H,17,27)(H,18,21)/t10-,11+/m0/s1. The predicted octanol–water partition coefficient (Wildman–Crippen LogP) is 2.13. The summed E-state index contributed by atoms with van der Waals surface area (Å²) in [6.07, 6.45) is -0.986. The van der Waals surface area contributed by atoms with Gasteiger partial charge in [-0.1, -0.05) is 12.2 Å². The number of thiocarbonyl (C=S) groups is 1. The molecule has 0 rings (SSSR count). The molecule has 0 heterocycles. The first-order valence-electron chi connectivity index (χ1n) is 8.38. The fourth-order valence-electron chi connectivity index (χ4n) is 1.77. The van der Waals surface area contributed by atoms with Gasteiger partial charge < -0.3 is 24.9 Å². The summed E-state index contributed by atoms with van der Waals surface area (Å²) in [4.78, 5) is 38.8. The molecule has 156 valence electrons. The Kier molecular flexibility index (Phi) is 9.42. The van der Waals surface area contributed by atoms with Gasteiger partial charge in [0.1, 0.15) is 17.8 Å². The summed E-state index contributed by atoms with van der Waals surface area (Å²) in [7, 11) is 0. The molecule has 1 amide bonds. The van der Waals surface area contributed by atoms with Gasteiger partial charge in [0.2, 0.25) is 0 Å². The number of carbonyl (C=O) groups excluding carboxylic acids is 2. The second-order valence-corrected chi connectivity index (χ2v) is 8.36. The molecule has 0 saturated carbocycles. The third kappa shape index (κ3) is 13.7. The van der Waals surface area contributed by atoms with Crippen LogP contribution in [0.1, 0.15) is 54.9 Å². The predicted molar refractivity (Wildman–Crippen MR) is 102 cm³/mol. The molecule has 0 radical (unpaired) electrons. The maximum absolute atomic E-state index is 12.1. The Bertz CT molecular complexity index is 525. The molecule has 11 heteroatoms. The Morgan fingerprint density at radius 2 is 1.59 bits per heavy atom. The first kappa shape index (κ1) is 24.8. The van der Waals surface area contributed by atoms with E-state index in [1.54, 1.807) is 48.5 Å². The molecule has 2 atom stereocenters. The third-order valence-corrected chi connectivity index (χ3v) is 3.02. The van der Waals surface area contributed by atoms with Gasteiger partial charge >= 0.3 is 12.1 Å². The van der Waals surface area contributed by atoms with Crippen molar-refractivity contribution in [2.24, 2.45) is 0 Å². The minimum atomic E-state index is -0.918. The highest BCUT2D eigenvalue weighted by Crippen LogP contribution is 2.11. The van der Waals surface area contributed by atoms with Gasteiger partial charge in [0.25, 0.3) is 5.09 Å². The molecule has 0 spiro atoms. The fraction of sp³-hybridized carbons (Fsp3) is 0.812. The lowest BCUT2D eigenvalue weighted by molar-refractivity contribution is -0.758. The molecular weight excluding hydrogens is 378 g/mol. The van der Waals surface area contributed by atoms with Gasteiger partial charge in [0, 0.05) is 6.04 Å². The summed E-state index contributed by atoms with van der Waals surface area (Å²) < 4.78 is 10.4. The van der Waals surface area contributed by atoms with Crippen LogP contribution in [0.5, 0.6) is 0 Å². The van der Waals surface area contributed by atoms with E-state index in [1.165, 1.54) is 0 Å². The van der Waals surface area contributed by atoms with Crippen LogP contribution < -0.4 is 10.6 Å². The van der Waals surface area contributed by atoms with Crippen LogP contribution in [0, 0.1) is 10.1 Å². The van der Waals surface area contributed by atoms with Gasteiger partial charge in [-0.15, -0.1) is 10.1 Å². The van der Waals surface area contributed by atoms with Crippen LogP contribution in [0.25, 0.3) is 0 Å². The molecule has 0 aromatic carbocycles. The van der Waals surface area contributed by atoms with E-state index in [0.717, 1.165) is 0 Å². The first-order chi connectivity index (χ1) is 12.1. The first-order valence-corrected chi connectivity index (χ1v) is 8.79. The molecule has 0 bridgehead atoms. The minimum Gasteiger partial charge on any atom is -0.460 e. The molecule has 0 fully saturated rings. The Labute approximate surface area is 164 Å². The zero-order valence-corrected chi connectivity index (χ0v) is 17.6. The van der Waals surface area contributed by atoms with E-state index >= 15 is 0 Å². The molecule has 0 aromatic heterocycles. The van der Waals surface area contributed by atoms with Crippen LogP contribution in [0.2, 0.25) is 0 Å². The molecule has 0 aromatic rings. The van der Waals surface area contributed by atoms with E-state index in [0.29, 0.717) is 0 Å². The Hall–Kier alpha value is -2.17. The molecule has 10 nitrogen and oxygen atoms in total. The maximum atomic E-state index is 12.1. The second kappa shape index (κ2) is 10.2. The Morgan fingerprint density at radius 1 is 1.07 bits per heavy atom. The second-order valence-electron chi connectivity index (χ2n) is 7.92. The monoisotopic (exact) mass is 407 g/mol. The van der Waals surface area contributed by atoms with Gasteiger partial charge in [-0.25, -0.2) is 4.79 Å². The van der Waals surface area contributed by atoms with Gasteiger partial charge in [-0.3, -0.25) is 4.79 Å². The van der Waals surface area contributed by atoms with Crippen molar-refractivity contribution in [1.29, 1.82) is 0 Å². The van der Waals surface area contributed by atoms with Gasteiger partial charge in [-0.2, -0.15) is 0 Å². The number of rotatable bonds is 8. The SMILES string of the molecule is C[C@@H](CO[N+](=O)[O-])NC(=S)[C@@H](CC(=O)OC(C)(C)C)NC(=O)OC(C)(C)C. The Morgan fingerprint density at radius 3 is 2.04 bits per heavy atom. The lowest BCUT2D eigenvalue weighted by atomic mass is 10.1. The van der Waals surface area contributed by atoms with E-state index in [1.807, 2.05) is 0 Å². The molecule has 0 saturated heterocycles. The number of amides is 1. The van der Waals surface area contributed by atoms with Crippen molar-refractivity contribution >= 4 is 29.3 Å². The zero-order chi connectivity index (χ0) is 21.4. The number of ether oxygens (including phenoxy) is 2. The maximum Gasteiger partial charge on any atom is 0.408 e. The van der Waals surface area contributed by atoms with E-state index in [9.17, 15) is 19.7 Å². The van der Waals surface area contributed by atoms with Crippen molar-refractivity contribution in [3.05, 3.63) is 10.1 Å². The van der Waals surface area contributed by atoms with Crippen LogP contribution in [0.3, 0.4) is 0 Å². The van der Waals surface area contributed by atoms with Crippen LogP contribution in [0.4, 0.5) is 4.79 Å². The molecule has 0 aliphatic rings. The molecular formula is C16H29N3O7S. The smallest absolute Gasteiger partial charge is 0.408 e. The number of esters is 1. The summed E-state index contributed by atoms with van der Waals surface area (Å²) in [5.74, 6) is -0.568. The number of nitrogens with zero attached hydrogens (tertiary/aromatic N) is 1. The Balaban J connectivity index is 5.04. The topological polar surface area (TPSA) is 129 Å². The average Bonchev–Trinajstić information content (AvgIpc) is 2.40. The lowest BCUT2D eigenvalue weighted by Crippen LogP contribution is -2.51. The average molecular weight is 407 g/mol. The molecule has 0 aliphatic carbocycles. The van der Waals surface area contributed by atoms with E-state index < -0.39 is 40.4 Å². The molecule has 27 heavy (non-hydrogen) atoms. The van der Waals surface area contributed by atoms with Crippen LogP contribution in [-0.4, -0.2) is 52.0 Å². The van der Waals surface area contributed by atoms with E-state index in [2.05, 4.69) is 15.5 Å². The number of carbonyl (C=O) groups is 2. The highest BCUT2D eigenvalue weighted by molar-refractivity contribution is 7.80. The van der Waals surface area contributed by atoms with Gasteiger partial charge in [0.15, 0.2) is 0 Å². The summed E-state index contributed by atoms with van der Waals surface area (Å²) >= 11 is 5.24. The fourth-order valence-corrected chi connectivity index (χ4v) is 2.11. The number of hydrogen-bond donors (Lipinski definition) is 2. The molecule has 2 N–H and O–H groups in total. The summed E-state index contributed by atoms with van der Waals surface area (Å²) in [6.45, 7) is 11.6. The quantitative estimate of drug-likeness (QED) is 0.269. The van der Waals surface area contributed by atoms with Crippen molar-refractivity contribution in [2.75, 3.05) is 6.61 Å². The van der Waals surface area contributed by atoms with E-state index in [4.69, 9.17) is 21.7 Å².